The Morgan fingerprint density at radius 3 is 2.89 bits per heavy atom. The maximum Gasteiger partial charge on any atom is 0.122 e. The number of hydrogen-bond donors (Lipinski definition) is 1. The highest BCUT2D eigenvalue weighted by Gasteiger charge is 2.15. The van der Waals surface area contributed by atoms with Crippen molar-refractivity contribution in [3.05, 3.63) is 38.8 Å². The first-order valence-electron chi connectivity index (χ1n) is 5.48. The highest BCUT2D eigenvalue weighted by atomic mass is 79.9. The van der Waals surface area contributed by atoms with Gasteiger partial charge in [0.05, 0.1) is 17.7 Å². The van der Waals surface area contributed by atoms with Crippen molar-refractivity contribution < 1.29 is 4.74 Å². The number of ether oxygens (including phenoxy) is 1. The minimum Gasteiger partial charge on any atom is -0.496 e. The fraction of sp³-hybridized carbons (Fsp3) is 0.333. The Morgan fingerprint density at radius 2 is 2.28 bits per heavy atom. The van der Waals surface area contributed by atoms with E-state index >= 15 is 0 Å². The fourth-order valence-corrected chi connectivity index (χ4v) is 2.86. The number of hydrogen-bond acceptors (Lipinski definition) is 5. The van der Waals surface area contributed by atoms with Crippen LogP contribution in [0.5, 0.6) is 5.75 Å². The van der Waals surface area contributed by atoms with Crippen molar-refractivity contribution in [3.8, 4) is 5.75 Å². The van der Waals surface area contributed by atoms with Crippen LogP contribution < -0.4 is 10.5 Å². The second-order valence-corrected chi connectivity index (χ2v) is 5.69. The summed E-state index contributed by atoms with van der Waals surface area (Å²) >= 11 is 4.82. The molecule has 0 amide bonds. The number of nitrogens with two attached hydrogens (primary N) is 1. The number of nitrogens with zero attached hydrogens (tertiary/aromatic N) is 2. The van der Waals surface area contributed by atoms with Crippen LogP contribution in [0, 0.1) is 6.92 Å². The van der Waals surface area contributed by atoms with E-state index in [0.717, 1.165) is 26.4 Å². The van der Waals surface area contributed by atoms with Gasteiger partial charge in [-0.2, -0.15) is 0 Å². The number of halogens is 1. The number of aromatic nitrogens is 2. The SMILES string of the molecule is COc1ccc(Br)cc1CC(N)c1snnc1C. The van der Waals surface area contributed by atoms with Crippen LogP contribution in [-0.4, -0.2) is 16.7 Å². The zero-order valence-corrected chi connectivity index (χ0v) is 12.6. The van der Waals surface area contributed by atoms with Gasteiger partial charge in [-0.3, -0.25) is 0 Å². The summed E-state index contributed by atoms with van der Waals surface area (Å²) < 4.78 is 10.3. The van der Waals surface area contributed by atoms with E-state index in [-0.39, 0.29) is 6.04 Å². The van der Waals surface area contributed by atoms with Gasteiger partial charge in [-0.1, -0.05) is 20.4 Å². The first-order valence-corrected chi connectivity index (χ1v) is 7.05. The molecule has 0 saturated carbocycles. The molecule has 4 nitrogen and oxygen atoms in total. The minimum absolute atomic E-state index is 0.104. The van der Waals surface area contributed by atoms with Gasteiger partial charge < -0.3 is 10.5 Å². The van der Waals surface area contributed by atoms with E-state index in [2.05, 4.69) is 25.5 Å². The van der Waals surface area contributed by atoms with E-state index < -0.39 is 0 Å². The summed E-state index contributed by atoms with van der Waals surface area (Å²) in [6, 6.07) is 5.81. The van der Waals surface area contributed by atoms with Gasteiger partial charge in [0.2, 0.25) is 0 Å². The lowest BCUT2D eigenvalue weighted by molar-refractivity contribution is 0.408. The molecule has 96 valence electrons. The van der Waals surface area contributed by atoms with Crippen molar-refractivity contribution in [2.45, 2.75) is 19.4 Å². The summed E-state index contributed by atoms with van der Waals surface area (Å²) in [6.07, 6.45) is 0.702. The molecule has 1 aromatic carbocycles. The van der Waals surface area contributed by atoms with Crippen LogP contribution in [0.4, 0.5) is 0 Å². The van der Waals surface area contributed by atoms with E-state index in [4.69, 9.17) is 10.5 Å². The largest absolute Gasteiger partial charge is 0.496 e. The Labute approximate surface area is 118 Å². The molecular formula is C12H14BrN3OS. The maximum atomic E-state index is 6.21. The first kappa shape index (κ1) is 13.5. The molecule has 2 N–H and O–H groups in total. The summed E-state index contributed by atoms with van der Waals surface area (Å²) in [6.45, 7) is 1.93. The quantitative estimate of drug-likeness (QED) is 0.937. The zero-order valence-electron chi connectivity index (χ0n) is 10.2. The average Bonchev–Trinajstić information content (AvgIpc) is 2.76. The van der Waals surface area contributed by atoms with Gasteiger partial charge in [0.15, 0.2) is 0 Å². The Bertz CT molecular complexity index is 544. The molecule has 0 aliphatic rings. The molecule has 0 spiro atoms. The van der Waals surface area contributed by atoms with Crippen molar-refractivity contribution in [2.75, 3.05) is 7.11 Å². The molecule has 6 heteroatoms. The van der Waals surface area contributed by atoms with Gasteiger partial charge in [-0.15, -0.1) is 5.10 Å². The van der Waals surface area contributed by atoms with E-state index in [1.807, 2.05) is 25.1 Å². The Morgan fingerprint density at radius 1 is 1.50 bits per heavy atom. The van der Waals surface area contributed by atoms with Crippen molar-refractivity contribution in [3.63, 3.8) is 0 Å². The first-order chi connectivity index (χ1) is 8.61. The molecular weight excluding hydrogens is 314 g/mol. The summed E-state index contributed by atoms with van der Waals surface area (Å²) in [4.78, 5) is 1.03. The molecule has 1 heterocycles. The van der Waals surface area contributed by atoms with E-state index in [0.29, 0.717) is 6.42 Å². The maximum absolute atomic E-state index is 6.21. The lowest BCUT2D eigenvalue weighted by Crippen LogP contribution is -2.13. The Hall–Kier alpha value is -0.980. The number of aryl methyl sites for hydroxylation is 1. The second-order valence-electron chi connectivity index (χ2n) is 3.99. The molecule has 1 atom stereocenters. The predicted molar refractivity (Wildman–Crippen MR) is 76.0 cm³/mol. The van der Waals surface area contributed by atoms with Gasteiger partial charge in [-0.25, -0.2) is 0 Å². The summed E-state index contributed by atoms with van der Waals surface area (Å²) in [5, 5.41) is 3.99. The number of methoxy groups -OCH3 is 1. The number of benzene rings is 1. The molecule has 1 unspecified atom stereocenters. The topological polar surface area (TPSA) is 61.0 Å². The average molecular weight is 328 g/mol. The predicted octanol–water partition coefficient (Wildman–Crippen LogP) is 2.86. The monoisotopic (exact) mass is 327 g/mol. The Balaban J connectivity index is 2.23. The van der Waals surface area contributed by atoms with E-state index in [9.17, 15) is 0 Å². The van der Waals surface area contributed by atoms with Crippen LogP contribution in [0.25, 0.3) is 0 Å². The third-order valence-electron chi connectivity index (χ3n) is 2.71. The molecule has 0 fully saturated rings. The van der Waals surface area contributed by atoms with Gasteiger partial charge in [0, 0.05) is 10.5 Å². The van der Waals surface area contributed by atoms with Crippen molar-refractivity contribution in [1.82, 2.24) is 9.59 Å². The van der Waals surface area contributed by atoms with Gasteiger partial charge in [0.1, 0.15) is 5.75 Å². The van der Waals surface area contributed by atoms with Crippen molar-refractivity contribution in [2.24, 2.45) is 5.73 Å². The van der Waals surface area contributed by atoms with E-state index in [1.165, 1.54) is 11.5 Å². The molecule has 1 aromatic heterocycles. The van der Waals surface area contributed by atoms with Crippen LogP contribution in [-0.2, 0) is 6.42 Å². The van der Waals surface area contributed by atoms with E-state index in [1.54, 1.807) is 7.11 Å². The van der Waals surface area contributed by atoms with Crippen molar-refractivity contribution >= 4 is 27.5 Å². The highest BCUT2D eigenvalue weighted by Crippen LogP contribution is 2.28. The van der Waals surface area contributed by atoms with Gasteiger partial charge in [0.25, 0.3) is 0 Å². The third kappa shape index (κ3) is 2.88. The number of rotatable bonds is 4. The van der Waals surface area contributed by atoms with Crippen LogP contribution in [0.3, 0.4) is 0 Å². The highest BCUT2D eigenvalue weighted by molar-refractivity contribution is 9.10. The smallest absolute Gasteiger partial charge is 0.122 e. The fourth-order valence-electron chi connectivity index (χ4n) is 1.81. The molecule has 0 saturated heterocycles. The van der Waals surface area contributed by atoms with Crippen molar-refractivity contribution in [1.29, 1.82) is 0 Å². The molecule has 2 aromatic rings. The second kappa shape index (κ2) is 5.77. The minimum atomic E-state index is -0.104. The lowest BCUT2D eigenvalue weighted by atomic mass is 10.0. The zero-order chi connectivity index (χ0) is 13.1. The van der Waals surface area contributed by atoms with Crippen LogP contribution >= 0.6 is 27.5 Å². The van der Waals surface area contributed by atoms with Gasteiger partial charge in [-0.05, 0) is 48.6 Å². The lowest BCUT2D eigenvalue weighted by Gasteiger charge is -2.13. The molecule has 0 radical (unpaired) electrons. The Kier molecular flexibility index (Phi) is 4.31. The summed E-state index contributed by atoms with van der Waals surface area (Å²) in [5.74, 6) is 0.851. The normalized spacial score (nSPS) is 12.4. The van der Waals surface area contributed by atoms with Crippen LogP contribution in [0.15, 0.2) is 22.7 Å². The summed E-state index contributed by atoms with van der Waals surface area (Å²) in [7, 11) is 1.66. The standard InChI is InChI=1S/C12H14BrN3OS/c1-7-12(18-16-15-7)10(14)6-8-5-9(13)3-4-11(8)17-2/h3-5,10H,6,14H2,1-2H3. The molecule has 0 bridgehead atoms. The van der Waals surface area contributed by atoms with Crippen LogP contribution in [0.2, 0.25) is 0 Å². The third-order valence-corrected chi connectivity index (χ3v) is 4.16. The van der Waals surface area contributed by atoms with Crippen LogP contribution in [0.1, 0.15) is 22.2 Å². The van der Waals surface area contributed by atoms with Gasteiger partial charge >= 0.3 is 0 Å². The molecule has 18 heavy (non-hydrogen) atoms. The molecule has 2 rings (SSSR count). The summed E-state index contributed by atoms with van der Waals surface area (Å²) in [5.41, 5.74) is 8.19. The molecule has 0 aliphatic heterocycles. The molecule has 0 aliphatic carbocycles.